The standard InChI is InChI=1S/C24H26N2O5/c1-4-10-26-23(27)19-9-7-6-8-18(19)22(25-26)24(28)30-14-17-13-21-16(11-15(3)31-21)12-20(17)29-5-2/h6-9,12-13,15H,4-5,10-11,14H2,1-3H3/t15-/m1/s1. The number of carbonyl (C=O) groups excluding carboxylic acids is 1. The van der Waals surface area contributed by atoms with E-state index in [1.807, 2.05) is 32.9 Å². The van der Waals surface area contributed by atoms with Crippen molar-refractivity contribution in [3.63, 3.8) is 0 Å². The van der Waals surface area contributed by atoms with E-state index in [1.54, 1.807) is 24.3 Å². The minimum absolute atomic E-state index is 0.0160. The number of esters is 1. The fourth-order valence-electron chi connectivity index (χ4n) is 3.85. The molecule has 3 aromatic rings. The Morgan fingerprint density at radius 1 is 1.23 bits per heavy atom. The van der Waals surface area contributed by atoms with Gasteiger partial charge in [0.1, 0.15) is 24.2 Å². The average Bonchev–Trinajstić information content (AvgIpc) is 3.13. The van der Waals surface area contributed by atoms with Crippen LogP contribution in [0.25, 0.3) is 10.8 Å². The molecule has 0 bridgehead atoms. The molecule has 4 rings (SSSR count). The van der Waals surface area contributed by atoms with Crippen molar-refractivity contribution in [1.82, 2.24) is 9.78 Å². The van der Waals surface area contributed by atoms with E-state index in [1.165, 1.54) is 4.68 Å². The minimum Gasteiger partial charge on any atom is -0.493 e. The van der Waals surface area contributed by atoms with Gasteiger partial charge in [-0.3, -0.25) is 4.79 Å². The van der Waals surface area contributed by atoms with Crippen molar-refractivity contribution in [2.75, 3.05) is 6.61 Å². The molecule has 0 aliphatic carbocycles. The molecule has 1 aromatic heterocycles. The molecule has 1 aliphatic heterocycles. The van der Waals surface area contributed by atoms with Gasteiger partial charge in [-0.05, 0) is 38.5 Å². The van der Waals surface area contributed by atoms with Gasteiger partial charge < -0.3 is 14.2 Å². The largest absolute Gasteiger partial charge is 0.493 e. The number of benzene rings is 2. The lowest BCUT2D eigenvalue weighted by Crippen LogP contribution is -2.26. The minimum atomic E-state index is -0.585. The molecule has 162 valence electrons. The number of aryl methyl sites for hydroxylation is 1. The topological polar surface area (TPSA) is 79.7 Å². The van der Waals surface area contributed by atoms with Gasteiger partial charge in [-0.25, -0.2) is 9.48 Å². The van der Waals surface area contributed by atoms with Crippen molar-refractivity contribution in [3.8, 4) is 11.5 Å². The number of aromatic nitrogens is 2. The number of hydrogen-bond donors (Lipinski definition) is 0. The van der Waals surface area contributed by atoms with Gasteiger partial charge in [-0.2, -0.15) is 5.10 Å². The summed E-state index contributed by atoms with van der Waals surface area (Å²) in [6, 6.07) is 10.8. The van der Waals surface area contributed by atoms with Gasteiger partial charge in [0, 0.05) is 29.5 Å². The summed E-state index contributed by atoms with van der Waals surface area (Å²) in [7, 11) is 0. The van der Waals surface area contributed by atoms with Gasteiger partial charge in [0.05, 0.1) is 12.0 Å². The Morgan fingerprint density at radius 2 is 2.00 bits per heavy atom. The molecule has 1 aliphatic rings. The number of carbonyl (C=O) groups is 1. The van der Waals surface area contributed by atoms with Crippen LogP contribution in [-0.2, 0) is 24.3 Å². The predicted molar refractivity (Wildman–Crippen MR) is 117 cm³/mol. The van der Waals surface area contributed by atoms with Crippen LogP contribution in [0.2, 0.25) is 0 Å². The molecule has 0 saturated heterocycles. The quantitative estimate of drug-likeness (QED) is 0.538. The van der Waals surface area contributed by atoms with Crippen LogP contribution in [0, 0.1) is 0 Å². The summed E-state index contributed by atoms with van der Waals surface area (Å²) in [5.41, 5.74) is 1.74. The monoisotopic (exact) mass is 422 g/mol. The van der Waals surface area contributed by atoms with E-state index in [0.29, 0.717) is 29.7 Å². The lowest BCUT2D eigenvalue weighted by atomic mass is 10.1. The first-order valence-electron chi connectivity index (χ1n) is 10.6. The SMILES string of the molecule is CCCn1nc(C(=O)OCc2cc3c(cc2OCC)C[C@@H](C)O3)c2ccccc2c1=O. The summed E-state index contributed by atoms with van der Waals surface area (Å²) < 4.78 is 18.5. The summed E-state index contributed by atoms with van der Waals surface area (Å²) in [5.74, 6) is 0.890. The molecule has 0 spiro atoms. The second-order valence-electron chi connectivity index (χ2n) is 7.63. The lowest BCUT2D eigenvalue weighted by Gasteiger charge is -2.14. The molecule has 0 saturated carbocycles. The van der Waals surface area contributed by atoms with Crippen LogP contribution >= 0.6 is 0 Å². The maximum Gasteiger partial charge on any atom is 0.359 e. The van der Waals surface area contributed by atoms with E-state index in [4.69, 9.17) is 14.2 Å². The third kappa shape index (κ3) is 4.13. The second kappa shape index (κ2) is 8.79. The first kappa shape index (κ1) is 20.9. The van der Waals surface area contributed by atoms with Crippen LogP contribution in [0.5, 0.6) is 11.5 Å². The molecule has 0 amide bonds. The summed E-state index contributed by atoms with van der Waals surface area (Å²) in [5, 5.41) is 5.24. The fourth-order valence-corrected chi connectivity index (χ4v) is 3.85. The summed E-state index contributed by atoms with van der Waals surface area (Å²) in [4.78, 5) is 25.6. The van der Waals surface area contributed by atoms with Crippen molar-refractivity contribution in [1.29, 1.82) is 0 Å². The molecule has 31 heavy (non-hydrogen) atoms. The normalized spacial score (nSPS) is 14.9. The zero-order valence-electron chi connectivity index (χ0n) is 18.0. The van der Waals surface area contributed by atoms with Gasteiger partial charge in [0.2, 0.25) is 0 Å². The first-order chi connectivity index (χ1) is 15.0. The van der Waals surface area contributed by atoms with Crippen molar-refractivity contribution in [3.05, 3.63) is 63.6 Å². The van der Waals surface area contributed by atoms with Crippen LogP contribution in [0.3, 0.4) is 0 Å². The van der Waals surface area contributed by atoms with Crippen LogP contribution in [0.4, 0.5) is 0 Å². The third-order valence-corrected chi connectivity index (χ3v) is 5.23. The van der Waals surface area contributed by atoms with Crippen molar-refractivity contribution >= 4 is 16.7 Å². The molecule has 0 unspecified atom stereocenters. The first-order valence-corrected chi connectivity index (χ1v) is 10.6. The second-order valence-corrected chi connectivity index (χ2v) is 7.63. The summed E-state index contributed by atoms with van der Waals surface area (Å²) >= 11 is 0. The zero-order chi connectivity index (χ0) is 22.0. The van der Waals surface area contributed by atoms with Gasteiger partial charge in [0.15, 0.2) is 5.69 Å². The molecule has 7 nitrogen and oxygen atoms in total. The number of rotatable bonds is 7. The molecule has 0 fully saturated rings. The van der Waals surface area contributed by atoms with Crippen LogP contribution in [0.1, 0.15) is 48.8 Å². The maximum atomic E-state index is 13.0. The van der Waals surface area contributed by atoms with E-state index < -0.39 is 5.97 Å². The molecule has 2 heterocycles. The molecular formula is C24H26N2O5. The highest BCUT2D eigenvalue weighted by molar-refractivity contribution is 6.02. The molecule has 2 aromatic carbocycles. The Bertz CT molecular complexity index is 1180. The van der Waals surface area contributed by atoms with Crippen LogP contribution in [-0.4, -0.2) is 28.5 Å². The summed E-state index contributed by atoms with van der Waals surface area (Å²) in [6.45, 7) is 6.83. The number of hydrogen-bond acceptors (Lipinski definition) is 6. The molecule has 0 N–H and O–H groups in total. The molecule has 1 atom stereocenters. The Labute approximate surface area is 180 Å². The maximum absolute atomic E-state index is 13.0. The Morgan fingerprint density at radius 3 is 2.74 bits per heavy atom. The highest BCUT2D eigenvalue weighted by Gasteiger charge is 2.23. The van der Waals surface area contributed by atoms with E-state index in [0.717, 1.165) is 29.7 Å². The molecular weight excluding hydrogens is 396 g/mol. The molecule has 7 heteroatoms. The van der Waals surface area contributed by atoms with E-state index >= 15 is 0 Å². The van der Waals surface area contributed by atoms with Crippen molar-refractivity contribution in [2.45, 2.75) is 52.9 Å². The summed E-state index contributed by atoms with van der Waals surface area (Å²) in [6.07, 6.45) is 1.66. The fraction of sp³-hybridized carbons (Fsp3) is 0.375. The van der Waals surface area contributed by atoms with Gasteiger partial charge in [-0.1, -0.05) is 25.1 Å². The van der Waals surface area contributed by atoms with Gasteiger partial charge >= 0.3 is 5.97 Å². The van der Waals surface area contributed by atoms with E-state index in [2.05, 4.69) is 5.10 Å². The molecule has 0 radical (unpaired) electrons. The average molecular weight is 422 g/mol. The third-order valence-electron chi connectivity index (χ3n) is 5.23. The lowest BCUT2D eigenvalue weighted by molar-refractivity contribution is 0.0461. The van der Waals surface area contributed by atoms with Crippen LogP contribution < -0.4 is 15.0 Å². The van der Waals surface area contributed by atoms with Gasteiger partial charge in [-0.15, -0.1) is 0 Å². The Hall–Kier alpha value is -3.35. The van der Waals surface area contributed by atoms with E-state index in [-0.39, 0.29) is 24.0 Å². The Balaban J connectivity index is 1.64. The van der Waals surface area contributed by atoms with E-state index in [9.17, 15) is 9.59 Å². The predicted octanol–water partition coefficient (Wildman–Crippen LogP) is 3.89. The smallest absolute Gasteiger partial charge is 0.359 e. The Kier molecular flexibility index (Phi) is 5.93. The van der Waals surface area contributed by atoms with Crippen molar-refractivity contribution in [2.24, 2.45) is 0 Å². The number of nitrogens with zero attached hydrogens (tertiary/aromatic N) is 2. The van der Waals surface area contributed by atoms with Gasteiger partial charge in [0.25, 0.3) is 5.56 Å². The highest BCUT2D eigenvalue weighted by atomic mass is 16.5. The van der Waals surface area contributed by atoms with Crippen LogP contribution in [0.15, 0.2) is 41.2 Å². The number of fused-ring (bicyclic) bond motifs is 2. The van der Waals surface area contributed by atoms with Crippen molar-refractivity contribution < 1.29 is 19.0 Å². The highest BCUT2D eigenvalue weighted by Crippen LogP contribution is 2.35. The number of ether oxygens (including phenoxy) is 3. The zero-order valence-corrected chi connectivity index (χ0v) is 18.0.